The maximum Gasteiger partial charge on any atom is 0.331 e. The molecule has 0 spiro atoms. The number of nitrogens with zero attached hydrogens (tertiary/aromatic N) is 6. The third-order valence-corrected chi connectivity index (χ3v) is 7.03. The summed E-state index contributed by atoms with van der Waals surface area (Å²) in [6.45, 7) is 4.72. The molecule has 0 amide bonds. The molecule has 5 rings (SSSR count). The second-order valence-corrected chi connectivity index (χ2v) is 10.3. The van der Waals surface area contributed by atoms with Crippen LogP contribution in [0.5, 0.6) is 11.5 Å². The van der Waals surface area contributed by atoms with Crippen LogP contribution in [0, 0.1) is 0 Å². The summed E-state index contributed by atoms with van der Waals surface area (Å²) in [5.74, 6) is 0.0625. The van der Waals surface area contributed by atoms with Crippen LogP contribution < -0.4 is 4.74 Å². The van der Waals surface area contributed by atoms with Gasteiger partial charge in [-0.25, -0.2) is 9.48 Å². The fourth-order valence-corrected chi connectivity index (χ4v) is 4.71. The normalized spacial score (nSPS) is 11.6. The van der Waals surface area contributed by atoms with Crippen molar-refractivity contribution in [3.63, 3.8) is 0 Å². The summed E-state index contributed by atoms with van der Waals surface area (Å²) in [4.78, 5) is 23.8. The summed E-state index contributed by atoms with van der Waals surface area (Å²) in [6.07, 6.45) is 4.92. The van der Waals surface area contributed by atoms with Gasteiger partial charge in [-0.15, -0.1) is 10.2 Å². The molecule has 1 N–H and O–H groups in total. The average molecular weight is 639 g/mol. The van der Waals surface area contributed by atoms with Crippen LogP contribution in [0.2, 0.25) is 0 Å². The van der Waals surface area contributed by atoms with Gasteiger partial charge in [0.2, 0.25) is 0 Å². The number of esters is 2. The molecule has 0 saturated heterocycles. The maximum absolute atomic E-state index is 12.0. The molecule has 2 heterocycles. The van der Waals surface area contributed by atoms with Crippen molar-refractivity contribution in [2.75, 3.05) is 13.2 Å². The molecule has 0 aliphatic heterocycles. The van der Waals surface area contributed by atoms with Crippen LogP contribution in [-0.4, -0.2) is 60.2 Å². The first-order valence-corrected chi connectivity index (χ1v) is 15.1. The van der Waals surface area contributed by atoms with Gasteiger partial charge in [-0.3, -0.25) is 9.48 Å². The third-order valence-electron chi connectivity index (χ3n) is 7.03. The summed E-state index contributed by atoms with van der Waals surface area (Å²) >= 11 is 0. The van der Waals surface area contributed by atoms with E-state index in [-0.39, 0.29) is 24.1 Å². The van der Waals surface area contributed by atoms with Crippen LogP contribution in [0.15, 0.2) is 97.3 Å². The van der Waals surface area contributed by atoms with Crippen LogP contribution >= 0.6 is 0 Å². The first-order valence-electron chi connectivity index (χ1n) is 15.1. The average Bonchev–Trinajstić information content (AvgIpc) is 3.71. The Morgan fingerprint density at radius 3 is 2.09 bits per heavy atom. The van der Waals surface area contributed by atoms with E-state index in [0.29, 0.717) is 25.4 Å². The number of ether oxygens (including phenoxy) is 3. The van der Waals surface area contributed by atoms with Crippen molar-refractivity contribution in [2.24, 2.45) is 14.1 Å². The zero-order valence-electron chi connectivity index (χ0n) is 26.8. The van der Waals surface area contributed by atoms with Gasteiger partial charge in [-0.2, -0.15) is 0 Å². The highest BCUT2D eigenvalue weighted by atomic mass is 16.5. The van der Waals surface area contributed by atoms with Crippen LogP contribution in [0.25, 0.3) is 5.57 Å². The maximum atomic E-state index is 12.0. The number of rotatable bonds is 12. The predicted molar refractivity (Wildman–Crippen MR) is 174 cm³/mol. The molecule has 47 heavy (non-hydrogen) atoms. The monoisotopic (exact) mass is 638 g/mol. The highest BCUT2D eigenvalue weighted by Gasteiger charge is 2.22. The zero-order valence-corrected chi connectivity index (χ0v) is 26.8. The topological polar surface area (TPSA) is 143 Å². The van der Waals surface area contributed by atoms with E-state index in [1.54, 1.807) is 74.0 Å². The second kappa shape index (κ2) is 17.1. The van der Waals surface area contributed by atoms with Crippen molar-refractivity contribution in [3.8, 4) is 11.5 Å². The molecular formula is C35H38N6O6. The SMILES string of the molecule is CCOC(=O)C=C(c1ccc(OCc2ccccc2)cc1)c1cnnn1C.CCOC(=O)CC(c1ccc(O)cc1)c1cnnn1C. The van der Waals surface area contributed by atoms with Gasteiger partial charge in [0.05, 0.1) is 43.4 Å². The van der Waals surface area contributed by atoms with E-state index in [1.165, 1.54) is 6.08 Å². The van der Waals surface area contributed by atoms with Gasteiger partial charge in [-0.05, 0) is 54.8 Å². The number of phenols is 1. The molecule has 12 heteroatoms. The minimum Gasteiger partial charge on any atom is -0.508 e. The molecule has 244 valence electrons. The van der Waals surface area contributed by atoms with E-state index >= 15 is 0 Å². The molecule has 0 saturated carbocycles. The summed E-state index contributed by atoms with van der Waals surface area (Å²) in [6, 6.07) is 24.3. The summed E-state index contributed by atoms with van der Waals surface area (Å²) in [5, 5.41) is 25.0. The van der Waals surface area contributed by atoms with Gasteiger partial charge in [0, 0.05) is 31.7 Å². The Kier molecular flexibility index (Phi) is 12.4. The molecule has 1 atom stereocenters. The van der Waals surface area contributed by atoms with E-state index in [9.17, 15) is 14.7 Å². The van der Waals surface area contributed by atoms with Crippen LogP contribution in [-0.2, 0) is 39.8 Å². The molecule has 1 unspecified atom stereocenters. The number of phenolic OH excluding ortho intramolecular Hbond substituents is 1. The van der Waals surface area contributed by atoms with E-state index in [1.807, 2.05) is 54.6 Å². The highest BCUT2D eigenvalue weighted by Crippen LogP contribution is 2.29. The van der Waals surface area contributed by atoms with Crippen LogP contribution in [0.4, 0.5) is 0 Å². The Bertz CT molecular complexity index is 1750. The van der Waals surface area contributed by atoms with Gasteiger partial charge in [0.15, 0.2) is 0 Å². The lowest BCUT2D eigenvalue weighted by atomic mass is 9.92. The van der Waals surface area contributed by atoms with Crippen LogP contribution in [0.1, 0.15) is 54.3 Å². The molecule has 2 aromatic heterocycles. The van der Waals surface area contributed by atoms with Crippen molar-refractivity contribution in [1.29, 1.82) is 0 Å². The zero-order chi connectivity index (χ0) is 33.6. The fraction of sp³-hybridized carbons (Fsp3) is 0.257. The van der Waals surface area contributed by atoms with E-state index in [0.717, 1.165) is 33.8 Å². The second-order valence-electron chi connectivity index (χ2n) is 10.3. The van der Waals surface area contributed by atoms with Crippen molar-refractivity contribution in [2.45, 2.75) is 32.8 Å². The van der Waals surface area contributed by atoms with Gasteiger partial charge >= 0.3 is 11.9 Å². The van der Waals surface area contributed by atoms with Crippen molar-refractivity contribution in [1.82, 2.24) is 30.0 Å². The first kappa shape index (κ1) is 34.1. The van der Waals surface area contributed by atoms with E-state index in [2.05, 4.69) is 20.6 Å². The Labute approximate surface area is 273 Å². The van der Waals surface area contributed by atoms with Crippen molar-refractivity contribution >= 4 is 17.5 Å². The number of aromatic hydroxyl groups is 1. The third kappa shape index (κ3) is 9.85. The number of benzene rings is 3. The lowest BCUT2D eigenvalue weighted by Gasteiger charge is -2.16. The number of aryl methyl sites for hydroxylation is 2. The summed E-state index contributed by atoms with van der Waals surface area (Å²) in [7, 11) is 3.56. The molecule has 12 nitrogen and oxygen atoms in total. The Morgan fingerprint density at radius 1 is 0.830 bits per heavy atom. The quantitative estimate of drug-likeness (QED) is 0.147. The smallest absolute Gasteiger partial charge is 0.331 e. The lowest BCUT2D eigenvalue weighted by molar-refractivity contribution is -0.143. The number of carbonyl (C=O) groups is 2. The molecule has 3 aromatic carbocycles. The minimum absolute atomic E-state index is 0.187. The number of hydrogen-bond acceptors (Lipinski definition) is 10. The molecule has 0 fully saturated rings. The van der Waals surface area contributed by atoms with Gasteiger partial charge in [0.25, 0.3) is 0 Å². The Morgan fingerprint density at radius 2 is 1.49 bits per heavy atom. The highest BCUT2D eigenvalue weighted by molar-refractivity contribution is 5.95. The fourth-order valence-electron chi connectivity index (χ4n) is 4.71. The van der Waals surface area contributed by atoms with Crippen LogP contribution in [0.3, 0.4) is 0 Å². The summed E-state index contributed by atoms with van der Waals surface area (Å²) in [5.41, 5.74) is 5.09. The van der Waals surface area contributed by atoms with Gasteiger partial charge in [-0.1, -0.05) is 65.0 Å². The van der Waals surface area contributed by atoms with Gasteiger partial charge < -0.3 is 19.3 Å². The number of carbonyl (C=O) groups excluding carboxylic acids is 2. The number of hydrogen-bond donors (Lipinski definition) is 1. The van der Waals surface area contributed by atoms with E-state index < -0.39 is 5.97 Å². The molecule has 5 aromatic rings. The minimum atomic E-state index is -0.405. The molecule has 0 radical (unpaired) electrons. The lowest BCUT2D eigenvalue weighted by Crippen LogP contribution is -2.14. The number of aromatic nitrogens is 6. The molecule has 0 aliphatic carbocycles. The Hall–Kier alpha value is -5.78. The Balaban J connectivity index is 0.000000223. The van der Waals surface area contributed by atoms with Crippen molar-refractivity contribution < 1.29 is 28.9 Å². The standard InChI is InChI=1S/C21H21N3O3.C14H17N3O3/c1-3-26-21(25)13-19(20-14-22-23-24(20)2)17-9-11-18(12-10-17)27-15-16-7-5-4-6-8-16;1-3-20-14(19)8-12(13-9-15-16-17(13)2)10-4-6-11(18)7-5-10/h4-14H,3,15H2,1-2H3;4-7,9,12,18H,3,8H2,1-2H3. The molecule has 0 bridgehead atoms. The van der Waals surface area contributed by atoms with Gasteiger partial charge in [0.1, 0.15) is 18.1 Å². The predicted octanol–water partition coefficient (Wildman–Crippen LogP) is 4.99. The first-order chi connectivity index (χ1) is 22.8. The van der Waals surface area contributed by atoms with E-state index in [4.69, 9.17) is 14.2 Å². The van der Waals surface area contributed by atoms with Crippen molar-refractivity contribution in [3.05, 3.63) is 125 Å². The largest absolute Gasteiger partial charge is 0.508 e. The summed E-state index contributed by atoms with van der Waals surface area (Å²) < 4.78 is 19.1. The molecule has 0 aliphatic rings. The molecular weight excluding hydrogens is 600 g/mol.